The molecule has 1 aromatic rings. The van der Waals surface area contributed by atoms with Gasteiger partial charge in [-0.2, -0.15) is 0 Å². The number of nitro benzene ring substituents is 1. The van der Waals surface area contributed by atoms with Crippen LogP contribution in [0.15, 0.2) is 23.4 Å². The van der Waals surface area contributed by atoms with Gasteiger partial charge in [0.2, 0.25) is 6.79 Å². The van der Waals surface area contributed by atoms with Crippen LogP contribution in [0.2, 0.25) is 0 Å². The number of esters is 1. The van der Waals surface area contributed by atoms with E-state index in [-0.39, 0.29) is 41.1 Å². The summed E-state index contributed by atoms with van der Waals surface area (Å²) in [6, 6.07) is 1.92. The Balaban J connectivity index is 2.15. The number of ether oxygens (including phenoxy) is 3. The highest BCUT2D eigenvalue weighted by Gasteiger charge is 2.36. The number of nitrogens with zero attached hydrogens (tertiary/aromatic N) is 1. The molecule has 25 heavy (non-hydrogen) atoms. The smallest absolute Gasteiger partial charge is 0.338 e. The Morgan fingerprint density at radius 3 is 2.76 bits per heavy atom. The molecule has 0 aromatic heterocycles. The summed E-state index contributed by atoms with van der Waals surface area (Å²) >= 11 is 5.14. The van der Waals surface area contributed by atoms with Crippen LogP contribution < -0.4 is 20.1 Å². The first-order valence-corrected chi connectivity index (χ1v) is 7.86. The number of hydrogen-bond acceptors (Lipinski definition) is 7. The molecule has 9 nitrogen and oxygen atoms in total. The van der Waals surface area contributed by atoms with Crippen LogP contribution in [0.5, 0.6) is 11.5 Å². The minimum atomic E-state index is -0.845. The fourth-order valence-electron chi connectivity index (χ4n) is 2.74. The maximum atomic E-state index is 12.4. The lowest BCUT2D eigenvalue weighted by molar-refractivity contribution is -0.385. The van der Waals surface area contributed by atoms with E-state index in [2.05, 4.69) is 10.6 Å². The van der Waals surface area contributed by atoms with Crippen LogP contribution in [0.4, 0.5) is 5.69 Å². The van der Waals surface area contributed by atoms with Crippen molar-refractivity contribution in [2.24, 2.45) is 0 Å². The quantitative estimate of drug-likeness (QED) is 0.356. The summed E-state index contributed by atoms with van der Waals surface area (Å²) in [5.74, 6) is 0.0672. The summed E-state index contributed by atoms with van der Waals surface area (Å²) in [5.41, 5.74) is 0.720. The van der Waals surface area contributed by atoms with Gasteiger partial charge in [-0.1, -0.05) is 0 Å². The van der Waals surface area contributed by atoms with Gasteiger partial charge >= 0.3 is 5.97 Å². The Labute approximate surface area is 148 Å². The summed E-state index contributed by atoms with van der Waals surface area (Å²) in [6.45, 7) is 3.50. The second-order valence-corrected chi connectivity index (χ2v) is 5.72. The van der Waals surface area contributed by atoms with E-state index in [1.54, 1.807) is 13.8 Å². The summed E-state index contributed by atoms with van der Waals surface area (Å²) in [4.78, 5) is 23.4. The standard InChI is InChI=1S/C15H15N3O6S/c1-3-22-14(19)12-7(2)16-15(25)17-13(12)8-4-10-11(24-6-23-10)5-9(8)18(20)21/h4-5,13H,3,6H2,1-2H3,(H2,16,17,25). The lowest BCUT2D eigenvalue weighted by Crippen LogP contribution is -2.45. The molecule has 1 aromatic carbocycles. The minimum Gasteiger partial charge on any atom is -0.463 e. The first-order valence-electron chi connectivity index (χ1n) is 7.45. The second kappa shape index (κ2) is 6.55. The average Bonchev–Trinajstić information content (AvgIpc) is 3.00. The summed E-state index contributed by atoms with van der Waals surface area (Å²) in [7, 11) is 0. The van der Waals surface area contributed by atoms with Crippen LogP contribution in [0.3, 0.4) is 0 Å². The van der Waals surface area contributed by atoms with Crippen molar-refractivity contribution in [3.8, 4) is 11.5 Å². The Hall–Kier alpha value is -2.88. The highest BCUT2D eigenvalue weighted by molar-refractivity contribution is 7.80. The molecule has 132 valence electrons. The van der Waals surface area contributed by atoms with Crippen LogP contribution in [0, 0.1) is 10.1 Å². The molecule has 10 heteroatoms. The SMILES string of the molecule is CCOC(=O)C1=C(C)NC(=S)NC1c1cc2c(cc1[N+](=O)[O-])OCO2. The highest BCUT2D eigenvalue weighted by atomic mass is 32.1. The third kappa shape index (κ3) is 3.07. The third-order valence-electron chi connectivity index (χ3n) is 3.79. The van der Waals surface area contributed by atoms with Crippen molar-refractivity contribution in [3.05, 3.63) is 39.1 Å². The highest BCUT2D eigenvalue weighted by Crippen LogP contribution is 2.42. The maximum absolute atomic E-state index is 12.4. The fraction of sp³-hybridized carbons (Fsp3) is 0.333. The Kier molecular flexibility index (Phi) is 4.45. The van der Waals surface area contributed by atoms with E-state index in [9.17, 15) is 14.9 Å². The summed E-state index contributed by atoms with van der Waals surface area (Å²) < 4.78 is 15.6. The number of rotatable bonds is 4. The summed E-state index contributed by atoms with van der Waals surface area (Å²) in [5, 5.41) is 17.5. The van der Waals surface area contributed by atoms with Crippen molar-refractivity contribution in [2.45, 2.75) is 19.9 Å². The number of carbonyl (C=O) groups excluding carboxylic acids is 1. The molecule has 2 N–H and O–H groups in total. The molecular weight excluding hydrogens is 350 g/mol. The van der Waals surface area contributed by atoms with Crippen molar-refractivity contribution in [2.75, 3.05) is 13.4 Å². The second-order valence-electron chi connectivity index (χ2n) is 5.31. The van der Waals surface area contributed by atoms with Gasteiger partial charge in [-0.25, -0.2) is 4.79 Å². The van der Waals surface area contributed by atoms with Crippen molar-refractivity contribution >= 4 is 29.0 Å². The van der Waals surface area contributed by atoms with Gasteiger partial charge in [-0.3, -0.25) is 10.1 Å². The Morgan fingerprint density at radius 2 is 2.12 bits per heavy atom. The van der Waals surface area contributed by atoms with Crippen LogP contribution in [0.1, 0.15) is 25.5 Å². The molecule has 0 fully saturated rings. The van der Waals surface area contributed by atoms with Gasteiger partial charge in [0.05, 0.1) is 34.8 Å². The van der Waals surface area contributed by atoms with Crippen LogP contribution in [-0.4, -0.2) is 29.4 Å². The van der Waals surface area contributed by atoms with Gasteiger partial charge in [-0.05, 0) is 32.1 Å². The molecular formula is C15H15N3O6S. The van der Waals surface area contributed by atoms with Crippen molar-refractivity contribution in [1.82, 2.24) is 10.6 Å². The number of allylic oxidation sites excluding steroid dienone is 1. The normalized spacial score (nSPS) is 18.5. The summed E-state index contributed by atoms with van der Waals surface area (Å²) in [6.07, 6.45) is 0. The molecule has 2 aliphatic heterocycles. The van der Waals surface area contributed by atoms with Crippen LogP contribution >= 0.6 is 12.2 Å². The molecule has 2 aliphatic rings. The molecule has 3 rings (SSSR count). The van der Waals surface area contributed by atoms with E-state index < -0.39 is 16.9 Å². The number of thiocarbonyl (C=S) groups is 1. The third-order valence-corrected chi connectivity index (χ3v) is 4.01. The predicted molar refractivity (Wildman–Crippen MR) is 90.2 cm³/mol. The van der Waals surface area contributed by atoms with Gasteiger partial charge < -0.3 is 24.8 Å². The van der Waals surface area contributed by atoms with Crippen molar-refractivity contribution in [1.29, 1.82) is 0 Å². The molecule has 0 saturated heterocycles. The number of nitrogens with one attached hydrogen (secondary N) is 2. The van der Waals surface area contributed by atoms with Gasteiger partial charge in [0.15, 0.2) is 16.6 Å². The number of fused-ring (bicyclic) bond motifs is 1. The first-order chi connectivity index (χ1) is 11.9. The zero-order valence-corrected chi connectivity index (χ0v) is 14.3. The molecule has 0 radical (unpaired) electrons. The van der Waals surface area contributed by atoms with E-state index in [1.165, 1.54) is 12.1 Å². The van der Waals surface area contributed by atoms with Gasteiger partial charge in [0.1, 0.15) is 0 Å². The van der Waals surface area contributed by atoms with E-state index >= 15 is 0 Å². The van der Waals surface area contributed by atoms with Gasteiger partial charge in [-0.15, -0.1) is 0 Å². The molecule has 0 aliphatic carbocycles. The van der Waals surface area contributed by atoms with E-state index in [0.717, 1.165) is 0 Å². The lowest BCUT2D eigenvalue weighted by atomic mass is 9.94. The molecule has 1 unspecified atom stereocenters. The topological polar surface area (TPSA) is 112 Å². The van der Waals surface area contributed by atoms with Crippen molar-refractivity contribution < 1.29 is 23.9 Å². The zero-order chi connectivity index (χ0) is 18.1. The maximum Gasteiger partial charge on any atom is 0.338 e. The first kappa shape index (κ1) is 17.0. The largest absolute Gasteiger partial charge is 0.463 e. The van der Waals surface area contributed by atoms with E-state index in [0.29, 0.717) is 11.4 Å². The number of hydrogen-bond donors (Lipinski definition) is 2. The van der Waals surface area contributed by atoms with E-state index in [1.807, 2.05) is 0 Å². The minimum absolute atomic E-state index is 0.0202. The van der Waals surface area contributed by atoms with E-state index in [4.69, 9.17) is 26.4 Å². The van der Waals surface area contributed by atoms with Crippen LogP contribution in [-0.2, 0) is 9.53 Å². The number of nitro groups is 1. The molecule has 1 atom stereocenters. The van der Waals surface area contributed by atoms with Crippen molar-refractivity contribution in [3.63, 3.8) is 0 Å². The molecule has 0 bridgehead atoms. The monoisotopic (exact) mass is 365 g/mol. The Bertz CT molecular complexity index is 807. The molecule has 2 heterocycles. The Morgan fingerprint density at radius 1 is 1.44 bits per heavy atom. The number of benzene rings is 1. The average molecular weight is 365 g/mol. The van der Waals surface area contributed by atoms with Gasteiger partial charge in [0.25, 0.3) is 5.69 Å². The van der Waals surface area contributed by atoms with Gasteiger partial charge in [0, 0.05) is 5.70 Å². The molecule has 0 saturated carbocycles. The molecule has 0 spiro atoms. The number of carbonyl (C=O) groups is 1. The fourth-order valence-corrected chi connectivity index (χ4v) is 3.01. The molecule has 0 amide bonds. The lowest BCUT2D eigenvalue weighted by Gasteiger charge is -2.29. The van der Waals surface area contributed by atoms with Crippen LogP contribution in [0.25, 0.3) is 0 Å². The predicted octanol–water partition coefficient (Wildman–Crippen LogP) is 1.68. The zero-order valence-electron chi connectivity index (χ0n) is 13.5.